The maximum atomic E-state index is 12.6. The topological polar surface area (TPSA) is 84.1 Å². The third kappa shape index (κ3) is 2.98. The molecule has 0 radical (unpaired) electrons. The van der Waals surface area contributed by atoms with Crippen LogP contribution < -0.4 is 5.32 Å². The molecule has 1 aliphatic heterocycles. The van der Waals surface area contributed by atoms with Crippen molar-refractivity contribution < 1.29 is 9.21 Å². The van der Waals surface area contributed by atoms with Gasteiger partial charge in [0.2, 0.25) is 11.8 Å². The van der Waals surface area contributed by atoms with Crippen LogP contribution in [-0.2, 0) is 4.79 Å². The molecule has 1 atom stereocenters. The van der Waals surface area contributed by atoms with Crippen LogP contribution >= 0.6 is 0 Å². The molecule has 1 saturated carbocycles. The zero-order chi connectivity index (χ0) is 16.6. The molecule has 4 rings (SSSR count). The summed E-state index contributed by atoms with van der Waals surface area (Å²) >= 11 is 0. The molecule has 3 heterocycles. The van der Waals surface area contributed by atoms with Crippen LogP contribution in [0.1, 0.15) is 32.6 Å². The van der Waals surface area contributed by atoms with Gasteiger partial charge in [0, 0.05) is 31.0 Å². The third-order valence-corrected chi connectivity index (χ3v) is 5.16. The van der Waals surface area contributed by atoms with Crippen LogP contribution in [0.4, 0.5) is 6.01 Å². The zero-order valence-corrected chi connectivity index (χ0v) is 13.7. The Morgan fingerprint density at radius 2 is 1.92 bits per heavy atom. The minimum absolute atomic E-state index is 0.0918. The van der Waals surface area contributed by atoms with Gasteiger partial charge in [0.05, 0.1) is 0 Å². The van der Waals surface area contributed by atoms with E-state index < -0.39 is 0 Å². The predicted molar refractivity (Wildman–Crippen MR) is 88.1 cm³/mol. The van der Waals surface area contributed by atoms with Crippen molar-refractivity contribution in [3.05, 3.63) is 24.5 Å². The molecule has 24 heavy (non-hydrogen) atoms. The molecule has 0 unspecified atom stereocenters. The number of rotatable bonds is 4. The van der Waals surface area contributed by atoms with Gasteiger partial charge >= 0.3 is 6.01 Å². The summed E-state index contributed by atoms with van der Waals surface area (Å²) in [5.41, 5.74) is 1.37. The fourth-order valence-electron chi connectivity index (χ4n) is 3.29. The van der Waals surface area contributed by atoms with Gasteiger partial charge in [-0.2, -0.15) is 0 Å². The van der Waals surface area contributed by atoms with E-state index in [2.05, 4.69) is 20.5 Å². The summed E-state index contributed by atoms with van der Waals surface area (Å²) in [5.74, 6) is 0.502. The van der Waals surface area contributed by atoms with Crippen LogP contribution in [0.5, 0.6) is 0 Å². The molecule has 1 aliphatic carbocycles. The number of likely N-dealkylation sites (tertiary alicyclic amines) is 1. The SMILES string of the molecule is C[C@@H](Nc1nnc(-c2ccncc2)o1)C(=O)N1CCC2(CC1)CC2. The van der Waals surface area contributed by atoms with E-state index in [0.29, 0.717) is 11.3 Å². The first-order valence-electron chi connectivity index (χ1n) is 8.44. The van der Waals surface area contributed by atoms with E-state index in [1.54, 1.807) is 24.5 Å². The molecule has 2 aromatic heterocycles. The number of nitrogens with one attached hydrogen (secondary N) is 1. The third-order valence-electron chi connectivity index (χ3n) is 5.16. The van der Waals surface area contributed by atoms with Crippen molar-refractivity contribution in [1.82, 2.24) is 20.1 Å². The van der Waals surface area contributed by atoms with Gasteiger partial charge in [-0.1, -0.05) is 5.10 Å². The molecule has 1 N–H and O–H groups in total. The van der Waals surface area contributed by atoms with Crippen molar-refractivity contribution in [2.24, 2.45) is 5.41 Å². The number of hydrogen-bond acceptors (Lipinski definition) is 6. The second-order valence-electron chi connectivity index (χ2n) is 6.84. The Kier molecular flexibility index (Phi) is 3.70. The van der Waals surface area contributed by atoms with Crippen molar-refractivity contribution in [3.63, 3.8) is 0 Å². The van der Waals surface area contributed by atoms with Gasteiger partial charge in [0.1, 0.15) is 6.04 Å². The highest BCUT2D eigenvalue weighted by atomic mass is 16.4. The van der Waals surface area contributed by atoms with Gasteiger partial charge in [0.15, 0.2) is 0 Å². The molecule has 1 saturated heterocycles. The molecule has 7 nitrogen and oxygen atoms in total. The fourth-order valence-corrected chi connectivity index (χ4v) is 3.29. The standard InChI is InChI=1S/C17H21N5O2/c1-12(15(23)22-10-6-17(4-5-17)7-11-22)19-16-21-20-14(24-16)13-2-8-18-9-3-13/h2-3,8-9,12H,4-7,10-11H2,1H3,(H,19,21)/t12-/m1/s1. The Labute approximate surface area is 140 Å². The quantitative estimate of drug-likeness (QED) is 0.928. The predicted octanol–water partition coefficient (Wildman–Crippen LogP) is 2.33. The lowest BCUT2D eigenvalue weighted by molar-refractivity contribution is -0.133. The number of hydrogen-bond donors (Lipinski definition) is 1. The lowest BCUT2D eigenvalue weighted by Crippen LogP contribution is -2.45. The first kappa shape index (κ1) is 15.1. The summed E-state index contributed by atoms with van der Waals surface area (Å²) in [6.07, 6.45) is 8.28. The summed E-state index contributed by atoms with van der Waals surface area (Å²) < 4.78 is 5.59. The molecule has 1 spiro atoms. The Morgan fingerprint density at radius 3 is 2.58 bits per heavy atom. The summed E-state index contributed by atoms with van der Waals surface area (Å²) in [5, 5.41) is 11.0. The maximum Gasteiger partial charge on any atom is 0.316 e. The second kappa shape index (κ2) is 5.89. The van der Waals surface area contributed by atoms with Crippen molar-refractivity contribution in [3.8, 4) is 11.5 Å². The minimum Gasteiger partial charge on any atom is -0.403 e. The van der Waals surface area contributed by atoms with Crippen molar-refractivity contribution in [2.45, 2.75) is 38.6 Å². The molecule has 0 bridgehead atoms. The monoisotopic (exact) mass is 327 g/mol. The number of aromatic nitrogens is 3. The van der Waals surface area contributed by atoms with Crippen LogP contribution in [0.15, 0.2) is 28.9 Å². The molecule has 2 aromatic rings. The van der Waals surface area contributed by atoms with Gasteiger partial charge in [0.25, 0.3) is 0 Å². The van der Waals surface area contributed by atoms with Gasteiger partial charge < -0.3 is 14.6 Å². The van der Waals surface area contributed by atoms with Crippen molar-refractivity contribution in [1.29, 1.82) is 0 Å². The molecule has 0 aromatic carbocycles. The number of carbonyl (C=O) groups is 1. The highest BCUT2D eigenvalue weighted by Crippen LogP contribution is 2.53. The number of pyridine rings is 1. The lowest BCUT2D eigenvalue weighted by Gasteiger charge is -2.33. The average molecular weight is 327 g/mol. The highest BCUT2D eigenvalue weighted by molar-refractivity contribution is 5.83. The van der Waals surface area contributed by atoms with Gasteiger partial charge in [-0.25, -0.2) is 0 Å². The summed E-state index contributed by atoms with van der Waals surface area (Å²) in [7, 11) is 0. The first-order valence-corrected chi connectivity index (χ1v) is 8.44. The van der Waals surface area contributed by atoms with E-state index in [1.165, 1.54) is 12.8 Å². The summed E-state index contributed by atoms with van der Waals surface area (Å²) in [6, 6.07) is 3.48. The van der Waals surface area contributed by atoms with Gasteiger partial charge in [-0.05, 0) is 50.2 Å². The number of piperidine rings is 1. The van der Waals surface area contributed by atoms with Crippen LogP contribution in [0.3, 0.4) is 0 Å². The molecule has 7 heteroatoms. The molecular weight excluding hydrogens is 306 g/mol. The van der Waals surface area contributed by atoms with E-state index in [4.69, 9.17) is 4.42 Å². The van der Waals surface area contributed by atoms with Gasteiger partial charge in [-0.3, -0.25) is 9.78 Å². The minimum atomic E-state index is -0.385. The molecule has 1 amide bonds. The van der Waals surface area contributed by atoms with E-state index in [9.17, 15) is 4.79 Å². The Bertz CT molecular complexity index is 716. The molecule has 126 valence electrons. The van der Waals surface area contributed by atoms with Crippen LogP contribution in [0, 0.1) is 5.41 Å². The molecular formula is C17H21N5O2. The number of nitrogens with zero attached hydrogens (tertiary/aromatic N) is 4. The lowest BCUT2D eigenvalue weighted by atomic mass is 9.93. The van der Waals surface area contributed by atoms with Crippen molar-refractivity contribution in [2.75, 3.05) is 18.4 Å². The van der Waals surface area contributed by atoms with E-state index in [1.807, 2.05) is 11.8 Å². The largest absolute Gasteiger partial charge is 0.403 e. The number of amides is 1. The van der Waals surface area contributed by atoms with E-state index in [-0.39, 0.29) is 18.0 Å². The van der Waals surface area contributed by atoms with Crippen LogP contribution in [-0.4, -0.2) is 45.1 Å². The van der Waals surface area contributed by atoms with Crippen LogP contribution in [0.2, 0.25) is 0 Å². The average Bonchev–Trinajstić information content (AvgIpc) is 3.20. The fraction of sp³-hybridized carbons (Fsp3) is 0.529. The molecule has 2 fully saturated rings. The summed E-state index contributed by atoms with van der Waals surface area (Å²) in [4.78, 5) is 18.5. The Balaban J connectivity index is 1.36. The van der Waals surface area contributed by atoms with E-state index in [0.717, 1.165) is 31.5 Å². The maximum absolute atomic E-state index is 12.6. The normalized spacial score (nSPS) is 20.0. The first-order chi connectivity index (χ1) is 11.7. The smallest absolute Gasteiger partial charge is 0.316 e. The van der Waals surface area contributed by atoms with E-state index >= 15 is 0 Å². The summed E-state index contributed by atoms with van der Waals surface area (Å²) in [6.45, 7) is 3.55. The van der Waals surface area contributed by atoms with Gasteiger partial charge in [-0.15, -0.1) is 5.10 Å². The highest BCUT2D eigenvalue weighted by Gasteiger charge is 2.45. The van der Waals surface area contributed by atoms with Crippen LogP contribution in [0.25, 0.3) is 11.5 Å². The molecule has 2 aliphatic rings. The zero-order valence-electron chi connectivity index (χ0n) is 13.7. The second-order valence-corrected chi connectivity index (χ2v) is 6.84. The number of anilines is 1. The number of carbonyl (C=O) groups excluding carboxylic acids is 1. The Hall–Kier alpha value is -2.44. The Morgan fingerprint density at radius 1 is 1.21 bits per heavy atom. The van der Waals surface area contributed by atoms with Crippen molar-refractivity contribution >= 4 is 11.9 Å².